The molecule has 6 nitrogen and oxygen atoms in total. The number of ketones is 1. The third-order valence-electron chi connectivity index (χ3n) is 4.81. The van der Waals surface area contributed by atoms with E-state index in [2.05, 4.69) is 25.8 Å². The van der Waals surface area contributed by atoms with Crippen LogP contribution >= 0.6 is 23.1 Å². The van der Waals surface area contributed by atoms with Crippen molar-refractivity contribution in [3.8, 4) is 0 Å². The van der Waals surface area contributed by atoms with Crippen molar-refractivity contribution in [1.29, 1.82) is 0 Å². The van der Waals surface area contributed by atoms with E-state index in [9.17, 15) is 14.4 Å². The predicted octanol–water partition coefficient (Wildman–Crippen LogP) is 3.62. The first-order valence-electron chi connectivity index (χ1n) is 9.34. The van der Waals surface area contributed by atoms with Gasteiger partial charge in [-0.15, -0.1) is 11.3 Å². The van der Waals surface area contributed by atoms with E-state index in [4.69, 9.17) is 5.73 Å². The number of hydrogen-bond acceptors (Lipinski definition) is 6. The Morgan fingerprint density at radius 2 is 1.86 bits per heavy atom. The highest BCUT2D eigenvalue weighted by Crippen LogP contribution is 2.33. The molecule has 2 heterocycles. The molecule has 0 atom stereocenters. The fourth-order valence-corrected chi connectivity index (χ4v) is 4.77. The number of aryl methyl sites for hydroxylation is 1. The second kappa shape index (κ2) is 8.20. The number of rotatable bonds is 6. The van der Waals surface area contributed by atoms with Crippen molar-refractivity contribution >= 4 is 44.8 Å². The number of thioether (sulfide) groups is 1. The molecule has 3 N–H and O–H groups in total. The van der Waals surface area contributed by atoms with E-state index in [1.54, 1.807) is 23.9 Å². The van der Waals surface area contributed by atoms with Crippen molar-refractivity contribution in [2.24, 2.45) is 0 Å². The molecule has 3 aromatic rings. The summed E-state index contributed by atoms with van der Waals surface area (Å²) in [7, 11) is 0. The number of nitrogen functional groups attached to an aromatic ring is 1. The van der Waals surface area contributed by atoms with Crippen molar-refractivity contribution < 1.29 is 4.79 Å². The number of hydrogen-bond donors (Lipinski definition) is 2. The van der Waals surface area contributed by atoms with Crippen LogP contribution in [0.4, 0.5) is 5.69 Å². The maximum atomic E-state index is 13.1. The Morgan fingerprint density at radius 3 is 2.45 bits per heavy atom. The molecule has 0 saturated carbocycles. The molecule has 2 aromatic heterocycles. The first-order valence-corrected chi connectivity index (χ1v) is 11.6. The topological polar surface area (TPSA) is 97.9 Å². The van der Waals surface area contributed by atoms with Gasteiger partial charge in [0.15, 0.2) is 0 Å². The number of nitrogens with zero attached hydrogens (tertiary/aromatic N) is 1. The standard InChI is InChI=1S/C21H25N3O3S2/c1-21(2,3)13-8-6-12(7-9-13)16(25)17-15(22)14-18(26)23-20(27)24(19(14)29-17)10-5-11-28-4/h6-9H,5,10-11,22H2,1-4H3,(H,23,26,27). The summed E-state index contributed by atoms with van der Waals surface area (Å²) in [5.41, 5.74) is 6.92. The van der Waals surface area contributed by atoms with Crippen LogP contribution in [0.1, 0.15) is 48.0 Å². The van der Waals surface area contributed by atoms with Crippen LogP contribution in [0.2, 0.25) is 0 Å². The van der Waals surface area contributed by atoms with Gasteiger partial charge in [0.1, 0.15) is 9.71 Å². The Kier molecular flexibility index (Phi) is 6.05. The monoisotopic (exact) mass is 431 g/mol. The van der Waals surface area contributed by atoms with Crippen LogP contribution in [0, 0.1) is 0 Å². The highest BCUT2D eigenvalue weighted by molar-refractivity contribution is 7.98. The lowest BCUT2D eigenvalue weighted by molar-refractivity contribution is 0.104. The van der Waals surface area contributed by atoms with Gasteiger partial charge in [-0.1, -0.05) is 45.0 Å². The minimum Gasteiger partial charge on any atom is -0.397 e. The predicted molar refractivity (Wildman–Crippen MR) is 123 cm³/mol. The number of aromatic amines is 1. The Hall–Kier alpha value is -2.32. The van der Waals surface area contributed by atoms with Gasteiger partial charge >= 0.3 is 5.69 Å². The van der Waals surface area contributed by atoms with Crippen molar-refractivity contribution in [1.82, 2.24) is 9.55 Å². The Balaban J connectivity index is 2.08. The van der Waals surface area contributed by atoms with Gasteiger partial charge in [-0.2, -0.15) is 11.8 Å². The first-order chi connectivity index (χ1) is 13.6. The second-order valence-corrected chi connectivity index (χ2v) is 9.92. The number of carbonyl (C=O) groups excluding carboxylic acids is 1. The second-order valence-electron chi connectivity index (χ2n) is 7.94. The number of benzene rings is 1. The average Bonchev–Trinajstić information content (AvgIpc) is 3.01. The minimum absolute atomic E-state index is 0.0155. The number of anilines is 1. The van der Waals surface area contributed by atoms with Crippen LogP contribution < -0.4 is 17.0 Å². The fraction of sp³-hybridized carbons (Fsp3) is 0.381. The Labute approximate surface area is 177 Å². The number of nitrogens with one attached hydrogen (secondary N) is 1. The van der Waals surface area contributed by atoms with Crippen LogP contribution in [-0.4, -0.2) is 27.3 Å². The van der Waals surface area contributed by atoms with Crippen LogP contribution in [0.3, 0.4) is 0 Å². The SMILES string of the molecule is CSCCCn1c(=O)[nH]c(=O)c2c(N)c(C(=O)c3ccc(C(C)(C)C)cc3)sc21. The van der Waals surface area contributed by atoms with Crippen LogP contribution in [0.15, 0.2) is 33.9 Å². The van der Waals surface area contributed by atoms with E-state index in [0.717, 1.165) is 29.1 Å². The molecule has 1 aromatic carbocycles. The molecule has 0 spiro atoms. The van der Waals surface area contributed by atoms with Crippen molar-refractivity contribution in [2.75, 3.05) is 17.7 Å². The summed E-state index contributed by atoms with van der Waals surface area (Å²) in [4.78, 5) is 40.9. The van der Waals surface area contributed by atoms with E-state index in [1.807, 2.05) is 18.4 Å². The van der Waals surface area contributed by atoms with Crippen LogP contribution in [-0.2, 0) is 12.0 Å². The number of fused-ring (bicyclic) bond motifs is 1. The number of carbonyl (C=O) groups is 1. The normalized spacial score (nSPS) is 11.9. The molecule has 154 valence electrons. The smallest absolute Gasteiger partial charge is 0.329 e. The maximum absolute atomic E-state index is 13.1. The molecule has 0 aliphatic rings. The third-order valence-corrected chi connectivity index (χ3v) is 6.74. The number of nitrogens with two attached hydrogens (primary N) is 1. The molecule has 0 unspecified atom stereocenters. The number of H-pyrrole nitrogens is 1. The zero-order valence-electron chi connectivity index (χ0n) is 17.0. The number of aromatic nitrogens is 2. The zero-order valence-corrected chi connectivity index (χ0v) is 18.6. The van der Waals surface area contributed by atoms with Gasteiger partial charge in [-0.3, -0.25) is 19.1 Å². The van der Waals surface area contributed by atoms with E-state index >= 15 is 0 Å². The van der Waals surface area contributed by atoms with E-state index < -0.39 is 11.2 Å². The summed E-state index contributed by atoms with van der Waals surface area (Å²) >= 11 is 2.80. The average molecular weight is 432 g/mol. The molecular weight excluding hydrogens is 406 g/mol. The van der Waals surface area contributed by atoms with Crippen LogP contribution in [0.25, 0.3) is 10.2 Å². The summed E-state index contributed by atoms with van der Waals surface area (Å²) in [5, 5.41) is 0.216. The number of thiophene rings is 1. The van der Waals surface area contributed by atoms with Crippen molar-refractivity contribution in [3.63, 3.8) is 0 Å². The lowest BCUT2D eigenvalue weighted by atomic mass is 9.86. The molecular formula is C21H25N3O3S2. The van der Waals surface area contributed by atoms with E-state index in [0.29, 0.717) is 21.8 Å². The molecule has 0 saturated heterocycles. The molecule has 0 radical (unpaired) electrons. The summed E-state index contributed by atoms with van der Waals surface area (Å²) in [6, 6.07) is 7.43. The van der Waals surface area contributed by atoms with Crippen molar-refractivity contribution in [3.05, 3.63) is 61.1 Å². The molecule has 29 heavy (non-hydrogen) atoms. The zero-order chi connectivity index (χ0) is 21.3. The van der Waals surface area contributed by atoms with Gasteiger partial charge in [0, 0.05) is 12.1 Å². The molecule has 0 aliphatic carbocycles. The molecule has 0 amide bonds. The van der Waals surface area contributed by atoms with E-state index in [-0.39, 0.29) is 22.3 Å². The highest BCUT2D eigenvalue weighted by atomic mass is 32.2. The van der Waals surface area contributed by atoms with Gasteiger partial charge in [0.05, 0.1) is 11.1 Å². The van der Waals surface area contributed by atoms with Crippen LogP contribution in [0.5, 0.6) is 0 Å². The summed E-state index contributed by atoms with van der Waals surface area (Å²) in [6.07, 6.45) is 2.77. The Morgan fingerprint density at radius 1 is 1.21 bits per heavy atom. The largest absolute Gasteiger partial charge is 0.397 e. The minimum atomic E-state index is -0.554. The lowest BCUT2D eigenvalue weighted by Gasteiger charge is -2.18. The molecule has 3 rings (SSSR count). The van der Waals surface area contributed by atoms with E-state index in [1.165, 1.54) is 4.57 Å². The van der Waals surface area contributed by atoms with Gasteiger partial charge < -0.3 is 5.73 Å². The maximum Gasteiger partial charge on any atom is 0.329 e. The van der Waals surface area contributed by atoms with Gasteiger partial charge in [0.2, 0.25) is 5.78 Å². The van der Waals surface area contributed by atoms with Gasteiger partial charge in [0.25, 0.3) is 5.56 Å². The molecule has 0 aliphatic heterocycles. The van der Waals surface area contributed by atoms with Gasteiger partial charge in [-0.05, 0) is 29.4 Å². The fourth-order valence-electron chi connectivity index (χ4n) is 3.15. The van der Waals surface area contributed by atoms with Gasteiger partial charge in [-0.25, -0.2) is 4.79 Å². The summed E-state index contributed by atoms with van der Waals surface area (Å²) < 4.78 is 1.51. The molecule has 0 bridgehead atoms. The summed E-state index contributed by atoms with van der Waals surface area (Å²) in [5.74, 6) is 0.645. The third kappa shape index (κ3) is 4.18. The summed E-state index contributed by atoms with van der Waals surface area (Å²) in [6.45, 7) is 6.78. The highest BCUT2D eigenvalue weighted by Gasteiger charge is 2.23. The molecule has 0 fully saturated rings. The quantitative estimate of drug-likeness (QED) is 0.459. The Bertz CT molecular complexity index is 1170. The lowest BCUT2D eigenvalue weighted by Crippen LogP contribution is -2.30. The first kappa shape index (κ1) is 21.4. The molecule has 8 heteroatoms. The van der Waals surface area contributed by atoms with Crippen molar-refractivity contribution in [2.45, 2.75) is 39.2 Å².